The summed E-state index contributed by atoms with van der Waals surface area (Å²) in [7, 11) is 3.14. The number of ether oxygens (including phenoxy) is 3. The number of methoxy groups -OCH3 is 2. The van der Waals surface area contributed by atoms with Gasteiger partial charge in [-0.05, 0) is 41.8 Å². The number of hydrogen-bond acceptors (Lipinski definition) is 4. The first-order chi connectivity index (χ1) is 12.5. The fourth-order valence-corrected chi connectivity index (χ4v) is 2.90. The van der Waals surface area contributed by atoms with Crippen molar-refractivity contribution in [3.63, 3.8) is 0 Å². The average Bonchev–Trinajstić information content (AvgIpc) is 2.66. The van der Waals surface area contributed by atoms with Gasteiger partial charge in [0.05, 0.1) is 14.2 Å². The lowest BCUT2D eigenvalue weighted by Gasteiger charge is -2.29. The Hall–Kier alpha value is -2.83. The van der Waals surface area contributed by atoms with Crippen molar-refractivity contribution < 1.29 is 27.8 Å². The van der Waals surface area contributed by atoms with Crippen molar-refractivity contribution in [3.05, 3.63) is 53.1 Å². The van der Waals surface area contributed by atoms with E-state index in [-0.39, 0.29) is 18.3 Å². The summed E-state index contributed by atoms with van der Waals surface area (Å²) in [4.78, 5) is 14.0. The van der Waals surface area contributed by atoms with Crippen LogP contribution in [0.3, 0.4) is 0 Å². The van der Waals surface area contributed by atoms with Gasteiger partial charge in [0.15, 0.2) is 29.7 Å². The zero-order valence-corrected chi connectivity index (χ0v) is 14.6. The molecule has 26 heavy (non-hydrogen) atoms. The molecule has 1 amide bonds. The molecule has 1 aliphatic heterocycles. The Morgan fingerprint density at radius 3 is 2.38 bits per heavy atom. The molecule has 0 aliphatic carbocycles. The number of amides is 1. The monoisotopic (exact) mass is 363 g/mol. The smallest absolute Gasteiger partial charge is 0.260 e. The summed E-state index contributed by atoms with van der Waals surface area (Å²) < 4.78 is 42.0. The molecular formula is C19H19F2NO4. The SMILES string of the molecule is COc1cc2c(cc1OC)CN(C(=O)COc1ccc(F)c(F)c1)CC2. The minimum absolute atomic E-state index is 0.112. The lowest BCUT2D eigenvalue weighted by molar-refractivity contribution is -0.134. The number of nitrogens with zero attached hydrogens (tertiary/aromatic N) is 1. The molecule has 1 aliphatic rings. The summed E-state index contributed by atoms with van der Waals surface area (Å²) >= 11 is 0. The average molecular weight is 363 g/mol. The van der Waals surface area contributed by atoms with Gasteiger partial charge in [0.2, 0.25) is 0 Å². The van der Waals surface area contributed by atoms with Gasteiger partial charge in [-0.25, -0.2) is 8.78 Å². The zero-order chi connectivity index (χ0) is 18.7. The van der Waals surface area contributed by atoms with Crippen LogP contribution in [0.5, 0.6) is 17.2 Å². The second-order valence-corrected chi connectivity index (χ2v) is 5.91. The summed E-state index contributed by atoms with van der Waals surface area (Å²) in [5, 5.41) is 0. The topological polar surface area (TPSA) is 48.0 Å². The second-order valence-electron chi connectivity index (χ2n) is 5.91. The predicted octanol–water partition coefficient (Wildman–Crippen LogP) is 2.95. The molecule has 0 bridgehead atoms. The van der Waals surface area contributed by atoms with E-state index in [9.17, 15) is 13.6 Å². The third-order valence-electron chi connectivity index (χ3n) is 4.32. The van der Waals surface area contributed by atoms with E-state index in [2.05, 4.69) is 0 Å². The van der Waals surface area contributed by atoms with E-state index in [0.29, 0.717) is 31.0 Å². The van der Waals surface area contributed by atoms with Crippen molar-refractivity contribution in [2.45, 2.75) is 13.0 Å². The van der Waals surface area contributed by atoms with Gasteiger partial charge in [0.1, 0.15) is 5.75 Å². The van der Waals surface area contributed by atoms with Gasteiger partial charge in [0.25, 0.3) is 5.91 Å². The Bertz CT molecular complexity index is 825. The largest absolute Gasteiger partial charge is 0.493 e. The van der Waals surface area contributed by atoms with Crippen LogP contribution < -0.4 is 14.2 Å². The number of benzene rings is 2. The number of fused-ring (bicyclic) bond motifs is 1. The van der Waals surface area contributed by atoms with Crippen LogP contribution in [0.2, 0.25) is 0 Å². The number of carbonyl (C=O) groups excluding carboxylic acids is 1. The van der Waals surface area contributed by atoms with Crippen LogP contribution in [-0.2, 0) is 17.8 Å². The van der Waals surface area contributed by atoms with Gasteiger partial charge in [-0.15, -0.1) is 0 Å². The van der Waals surface area contributed by atoms with Crippen LogP contribution in [0.4, 0.5) is 8.78 Å². The first-order valence-electron chi connectivity index (χ1n) is 8.11. The third-order valence-corrected chi connectivity index (χ3v) is 4.32. The van der Waals surface area contributed by atoms with Crippen LogP contribution in [0.15, 0.2) is 30.3 Å². The molecule has 2 aromatic carbocycles. The fourth-order valence-electron chi connectivity index (χ4n) is 2.90. The number of rotatable bonds is 5. The third kappa shape index (κ3) is 3.71. The van der Waals surface area contributed by atoms with Crippen molar-refractivity contribution >= 4 is 5.91 Å². The molecule has 0 saturated heterocycles. The van der Waals surface area contributed by atoms with Crippen LogP contribution in [-0.4, -0.2) is 38.2 Å². The van der Waals surface area contributed by atoms with Gasteiger partial charge < -0.3 is 19.1 Å². The van der Waals surface area contributed by atoms with Gasteiger partial charge >= 0.3 is 0 Å². The highest BCUT2D eigenvalue weighted by atomic mass is 19.2. The van der Waals surface area contributed by atoms with E-state index >= 15 is 0 Å². The van der Waals surface area contributed by atoms with Crippen molar-refractivity contribution in [3.8, 4) is 17.2 Å². The highest BCUT2D eigenvalue weighted by Gasteiger charge is 2.23. The quantitative estimate of drug-likeness (QED) is 0.820. The maximum absolute atomic E-state index is 13.2. The van der Waals surface area contributed by atoms with E-state index in [1.807, 2.05) is 12.1 Å². The van der Waals surface area contributed by atoms with Crippen LogP contribution >= 0.6 is 0 Å². The Kier molecular flexibility index (Phi) is 5.25. The van der Waals surface area contributed by atoms with Crippen molar-refractivity contribution in [2.24, 2.45) is 0 Å². The highest BCUT2D eigenvalue weighted by Crippen LogP contribution is 2.33. The molecule has 0 atom stereocenters. The molecule has 3 rings (SSSR count). The number of carbonyl (C=O) groups is 1. The number of hydrogen-bond donors (Lipinski definition) is 0. The van der Waals surface area contributed by atoms with E-state index in [4.69, 9.17) is 14.2 Å². The Labute approximate surface area is 150 Å². The molecule has 2 aromatic rings. The summed E-state index contributed by atoms with van der Waals surface area (Å²) in [6.07, 6.45) is 0.687. The molecule has 0 radical (unpaired) electrons. The van der Waals surface area contributed by atoms with Crippen molar-refractivity contribution in [1.29, 1.82) is 0 Å². The summed E-state index contributed by atoms with van der Waals surface area (Å²) in [5.74, 6) is -0.814. The molecule has 0 saturated carbocycles. The maximum Gasteiger partial charge on any atom is 0.260 e. The fraction of sp³-hybridized carbons (Fsp3) is 0.316. The molecule has 138 valence electrons. The Morgan fingerprint density at radius 2 is 1.73 bits per heavy atom. The molecular weight excluding hydrogens is 344 g/mol. The van der Waals surface area contributed by atoms with Crippen LogP contribution in [0.1, 0.15) is 11.1 Å². The predicted molar refractivity (Wildman–Crippen MR) is 90.5 cm³/mol. The van der Waals surface area contributed by atoms with Crippen LogP contribution in [0, 0.1) is 11.6 Å². The minimum Gasteiger partial charge on any atom is -0.493 e. The Morgan fingerprint density at radius 1 is 1.04 bits per heavy atom. The zero-order valence-electron chi connectivity index (χ0n) is 14.6. The lowest BCUT2D eigenvalue weighted by Crippen LogP contribution is -2.38. The number of halogens is 2. The van der Waals surface area contributed by atoms with Crippen molar-refractivity contribution in [2.75, 3.05) is 27.4 Å². The summed E-state index contributed by atoms with van der Waals surface area (Å²) in [6.45, 7) is 0.728. The van der Waals surface area contributed by atoms with E-state index in [0.717, 1.165) is 23.3 Å². The molecule has 1 heterocycles. The maximum atomic E-state index is 13.2. The molecule has 5 nitrogen and oxygen atoms in total. The molecule has 0 aromatic heterocycles. The highest BCUT2D eigenvalue weighted by molar-refractivity contribution is 5.78. The molecule has 7 heteroatoms. The molecule has 0 N–H and O–H groups in total. The van der Waals surface area contributed by atoms with Crippen LogP contribution in [0.25, 0.3) is 0 Å². The van der Waals surface area contributed by atoms with E-state index < -0.39 is 11.6 Å². The summed E-state index contributed by atoms with van der Waals surface area (Å²) in [6, 6.07) is 6.96. The van der Waals surface area contributed by atoms with E-state index in [1.165, 1.54) is 6.07 Å². The van der Waals surface area contributed by atoms with Crippen molar-refractivity contribution in [1.82, 2.24) is 4.90 Å². The van der Waals surface area contributed by atoms with E-state index in [1.54, 1.807) is 19.1 Å². The van der Waals surface area contributed by atoms with Gasteiger partial charge in [-0.1, -0.05) is 0 Å². The minimum atomic E-state index is -1.01. The molecule has 0 fully saturated rings. The summed E-state index contributed by atoms with van der Waals surface area (Å²) in [5.41, 5.74) is 2.09. The normalized spacial score (nSPS) is 13.2. The molecule has 0 spiro atoms. The first kappa shape index (κ1) is 18.0. The standard InChI is InChI=1S/C19H19F2NO4/c1-24-17-7-12-5-6-22(10-13(12)8-18(17)25-2)19(23)11-26-14-3-4-15(20)16(21)9-14/h3-4,7-9H,5-6,10-11H2,1-2H3. The molecule has 0 unspecified atom stereocenters. The lowest BCUT2D eigenvalue weighted by atomic mass is 9.99. The first-order valence-corrected chi connectivity index (χ1v) is 8.11. The van der Waals surface area contributed by atoms with Gasteiger partial charge in [0, 0.05) is 19.2 Å². The second kappa shape index (κ2) is 7.59. The Balaban J connectivity index is 1.66. The van der Waals surface area contributed by atoms with Gasteiger partial charge in [-0.3, -0.25) is 4.79 Å². The van der Waals surface area contributed by atoms with Gasteiger partial charge in [-0.2, -0.15) is 0 Å².